The predicted molar refractivity (Wildman–Crippen MR) is 154 cm³/mol. The molecule has 1 atom stereocenters. The first-order valence-electron chi connectivity index (χ1n) is 16.4. The Kier molecular flexibility index (Phi) is 13.6. The van der Waals surface area contributed by atoms with Gasteiger partial charge in [0.25, 0.3) is 0 Å². The van der Waals surface area contributed by atoms with E-state index in [4.69, 9.17) is 0 Å². The summed E-state index contributed by atoms with van der Waals surface area (Å²) in [6, 6.07) is 1.41. The van der Waals surface area contributed by atoms with E-state index in [0.29, 0.717) is 6.04 Å². The third-order valence-corrected chi connectivity index (χ3v) is 9.49. The molecule has 204 valence electrons. The molecule has 0 aromatic rings. The lowest BCUT2D eigenvalue weighted by Gasteiger charge is -2.41. The van der Waals surface area contributed by atoms with Crippen LogP contribution in [-0.2, 0) is 0 Å². The standard InChI is InChI=1S/C33H62N2/c1-5-21-32-31(27-26-28(2)3)33(29-22-17-13-9-7-6-8-10-14-18-23-29)34(4)35(32)30-24-19-15-11-12-16-20-25-30/h28-30,33H,5-27H2,1-4H3. The largest absolute Gasteiger partial charge is 0.307 e. The van der Waals surface area contributed by atoms with Crippen molar-refractivity contribution in [2.24, 2.45) is 11.8 Å². The van der Waals surface area contributed by atoms with Gasteiger partial charge in [0.05, 0.1) is 6.04 Å². The van der Waals surface area contributed by atoms with Crippen molar-refractivity contribution in [1.29, 1.82) is 0 Å². The molecule has 3 aliphatic rings. The molecule has 0 bridgehead atoms. The molecule has 3 rings (SSSR count). The van der Waals surface area contributed by atoms with E-state index in [1.54, 1.807) is 5.70 Å². The molecule has 2 heteroatoms. The Morgan fingerprint density at radius 1 is 0.657 bits per heavy atom. The molecule has 1 aliphatic heterocycles. The summed E-state index contributed by atoms with van der Waals surface area (Å²) in [4.78, 5) is 0. The summed E-state index contributed by atoms with van der Waals surface area (Å²) >= 11 is 0. The molecule has 2 nitrogen and oxygen atoms in total. The van der Waals surface area contributed by atoms with Crippen LogP contribution in [0.1, 0.15) is 168 Å². The van der Waals surface area contributed by atoms with Crippen LogP contribution in [-0.4, -0.2) is 29.1 Å². The third kappa shape index (κ3) is 9.08. The fraction of sp³-hybridized carbons (Fsp3) is 0.939. The van der Waals surface area contributed by atoms with E-state index in [1.807, 2.05) is 5.57 Å². The average Bonchev–Trinajstić information content (AvgIpc) is 3.16. The molecule has 35 heavy (non-hydrogen) atoms. The number of likely N-dealkylation sites (N-methyl/N-ethyl adjacent to an activating group) is 1. The number of hydrogen-bond donors (Lipinski definition) is 0. The predicted octanol–water partition coefficient (Wildman–Crippen LogP) is 10.4. The monoisotopic (exact) mass is 486 g/mol. The highest BCUT2D eigenvalue weighted by atomic mass is 15.7. The van der Waals surface area contributed by atoms with Gasteiger partial charge in [-0.05, 0) is 62.4 Å². The number of hydrazine groups is 1. The zero-order valence-corrected chi connectivity index (χ0v) is 24.5. The van der Waals surface area contributed by atoms with Gasteiger partial charge in [-0.25, -0.2) is 5.01 Å². The van der Waals surface area contributed by atoms with Crippen molar-refractivity contribution >= 4 is 0 Å². The summed E-state index contributed by atoms with van der Waals surface area (Å²) in [6.45, 7) is 7.28. The number of allylic oxidation sites excluding steroid dienone is 1. The SMILES string of the molecule is CCCC1=C(CCC(C)C)C(C2CCCCCCCCCCC2)N(C)N1C1CCCCCCCC1. The van der Waals surface area contributed by atoms with E-state index in [1.165, 1.54) is 148 Å². The van der Waals surface area contributed by atoms with Gasteiger partial charge in [0.2, 0.25) is 0 Å². The van der Waals surface area contributed by atoms with Crippen LogP contribution in [0.3, 0.4) is 0 Å². The number of nitrogens with zero attached hydrogens (tertiary/aromatic N) is 2. The van der Waals surface area contributed by atoms with Crippen molar-refractivity contribution in [2.45, 2.75) is 181 Å². The van der Waals surface area contributed by atoms with Crippen LogP contribution in [0.5, 0.6) is 0 Å². The molecule has 0 amide bonds. The van der Waals surface area contributed by atoms with Gasteiger partial charge in [0.15, 0.2) is 0 Å². The number of rotatable bonds is 7. The van der Waals surface area contributed by atoms with Gasteiger partial charge < -0.3 is 5.01 Å². The molecule has 0 saturated heterocycles. The van der Waals surface area contributed by atoms with E-state index in [0.717, 1.165) is 17.9 Å². The van der Waals surface area contributed by atoms with E-state index in [9.17, 15) is 0 Å². The summed E-state index contributed by atoms with van der Waals surface area (Å²) in [7, 11) is 2.51. The van der Waals surface area contributed by atoms with Gasteiger partial charge >= 0.3 is 0 Å². The lowest BCUT2D eigenvalue weighted by molar-refractivity contribution is -0.0327. The second-order valence-electron chi connectivity index (χ2n) is 12.9. The smallest absolute Gasteiger partial charge is 0.0547 e. The van der Waals surface area contributed by atoms with E-state index < -0.39 is 0 Å². The Morgan fingerprint density at radius 2 is 1.11 bits per heavy atom. The minimum atomic E-state index is 0.672. The van der Waals surface area contributed by atoms with Gasteiger partial charge in [-0.15, -0.1) is 0 Å². The number of hydrogen-bond acceptors (Lipinski definition) is 2. The highest BCUT2D eigenvalue weighted by Gasteiger charge is 2.42. The highest BCUT2D eigenvalue weighted by Crippen LogP contribution is 2.43. The summed E-state index contributed by atoms with van der Waals surface area (Å²) in [5.74, 6) is 1.65. The minimum Gasteiger partial charge on any atom is -0.307 e. The molecular weight excluding hydrogens is 424 g/mol. The fourth-order valence-electron chi connectivity index (χ4n) is 7.55. The quantitative estimate of drug-likeness (QED) is 0.353. The molecule has 2 aliphatic carbocycles. The Morgan fingerprint density at radius 3 is 1.57 bits per heavy atom. The molecule has 0 N–H and O–H groups in total. The summed E-state index contributed by atoms with van der Waals surface area (Å²) < 4.78 is 0. The highest BCUT2D eigenvalue weighted by molar-refractivity contribution is 5.26. The third-order valence-electron chi connectivity index (χ3n) is 9.49. The molecule has 0 spiro atoms. The zero-order valence-electron chi connectivity index (χ0n) is 24.5. The first kappa shape index (κ1) is 29.1. The second kappa shape index (κ2) is 16.4. The van der Waals surface area contributed by atoms with E-state index in [-0.39, 0.29) is 0 Å². The lowest BCUT2D eigenvalue weighted by Crippen LogP contribution is -2.48. The maximum Gasteiger partial charge on any atom is 0.0547 e. The Labute approximate surface area is 220 Å². The second-order valence-corrected chi connectivity index (χ2v) is 12.9. The van der Waals surface area contributed by atoms with Gasteiger partial charge in [-0.3, -0.25) is 0 Å². The molecule has 0 aromatic heterocycles. The van der Waals surface area contributed by atoms with Crippen LogP contribution in [0.2, 0.25) is 0 Å². The average molecular weight is 487 g/mol. The van der Waals surface area contributed by atoms with Crippen molar-refractivity contribution in [3.63, 3.8) is 0 Å². The Hall–Kier alpha value is -0.500. The van der Waals surface area contributed by atoms with Gasteiger partial charge in [-0.2, -0.15) is 0 Å². The van der Waals surface area contributed by atoms with E-state index in [2.05, 4.69) is 37.8 Å². The van der Waals surface area contributed by atoms with Gasteiger partial charge in [0.1, 0.15) is 0 Å². The molecule has 2 fully saturated rings. The summed E-state index contributed by atoms with van der Waals surface area (Å²) in [6.07, 6.45) is 32.9. The first-order valence-corrected chi connectivity index (χ1v) is 16.4. The fourth-order valence-corrected chi connectivity index (χ4v) is 7.55. The maximum atomic E-state index is 2.92. The van der Waals surface area contributed by atoms with Crippen LogP contribution < -0.4 is 0 Å². The van der Waals surface area contributed by atoms with Gasteiger partial charge in [0, 0.05) is 18.8 Å². The van der Waals surface area contributed by atoms with Gasteiger partial charge in [-0.1, -0.05) is 124 Å². The first-order chi connectivity index (χ1) is 17.1. The normalized spacial score (nSPS) is 26.3. The Balaban J connectivity index is 1.88. The molecule has 2 saturated carbocycles. The topological polar surface area (TPSA) is 6.48 Å². The van der Waals surface area contributed by atoms with Crippen LogP contribution >= 0.6 is 0 Å². The molecule has 1 unspecified atom stereocenters. The summed E-state index contributed by atoms with van der Waals surface area (Å²) in [5, 5.41) is 5.75. The van der Waals surface area contributed by atoms with Crippen LogP contribution in [0.15, 0.2) is 11.3 Å². The molecular formula is C33H62N2. The molecule has 0 aromatic carbocycles. The Bertz CT molecular complexity index is 572. The lowest BCUT2D eigenvalue weighted by atomic mass is 9.81. The van der Waals surface area contributed by atoms with Crippen LogP contribution in [0.4, 0.5) is 0 Å². The summed E-state index contributed by atoms with van der Waals surface area (Å²) in [5.41, 5.74) is 3.65. The molecule has 1 heterocycles. The maximum absolute atomic E-state index is 2.92. The van der Waals surface area contributed by atoms with Crippen molar-refractivity contribution < 1.29 is 0 Å². The zero-order chi connectivity index (χ0) is 24.9. The van der Waals surface area contributed by atoms with Crippen molar-refractivity contribution in [2.75, 3.05) is 7.05 Å². The van der Waals surface area contributed by atoms with Crippen molar-refractivity contribution in [3.8, 4) is 0 Å². The molecule has 0 radical (unpaired) electrons. The van der Waals surface area contributed by atoms with Crippen LogP contribution in [0.25, 0.3) is 0 Å². The minimum absolute atomic E-state index is 0.672. The van der Waals surface area contributed by atoms with Crippen molar-refractivity contribution in [1.82, 2.24) is 10.0 Å². The van der Waals surface area contributed by atoms with E-state index >= 15 is 0 Å². The van der Waals surface area contributed by atoms with Crippen LogP contribution in [0, 0.1) is 11.8 Å². The van der Waals surface area contributed by atoms with Crippen molar-refractivity contribution in [3.05, 3.63) is 11.3 Å².